The third-order valence-corrected chi connectivity index (χ3v) is 6.48. The minimum Gasteiger partial charge on any atom is -0.340 e. The van der Waals surface area contributed by atoms with E-state index in [2.05, 4.69) is 51.0 Å². The number of rotatable bonds is 6. The van der Waals surface area contributed by atoms with E-state index in [9.17, 15) is 0 Å². The Kier molecular flexibility index (Phi) is 5.71. The number of imidazole rings is 1. The third-order valence-electron chi connectivity index (χ3n) is 6.48. The maximum atomic E-state index is 4.74. The second-order valence-corrected chi connectivity index (χ2v) is 8.81. The zero-order chi connectivity index (χ0) is 21.9. The van der Waals surface area contributed by atoms with Crippen molar-refractivity contribution in [2.75, 3.05) is 0 Å². The molecule has 1 aromatic carbocycles. The molecule has 5 heteroatoms. The van der Waals surface area contributed by atoms with Crippen LogP contribution in [-0.4, -0.2) is 25.1 Å². The molecule has 1 saturated carbocycles. The molecule has 2 N–H and O–H groups in total. The van der Waals surface area contributed by atoms with Gasteiger partial charge >= 0.3 is 0 Å². The fourth-order valence-electron chi connectivity index (χ4n) is 4.76. The maximum absolute atomic E-state index is 4.74. The summed E-state index contributed by atoms with van der Waals surface area (Å²) < 4.78 is 0. The Morgan fingerprint density at radius 3 is 2.81 bits per heavy atom. The second-order valence-electron chi connectivity index (χ2n) is 8.81. The van der Waals surface area contributed by atoms with Gasteiger partial charge in [-0.3, -0.25) is 10.1 Å². The molecule has 3 aromatic heterocycles. The Bertz CT molecular complexity index is 1270. The van der Waals surface area contributed by atoms with E-state index in [-0.39, 0.29) is 0 Å². The molecule has 0 spiro atoms. The molecule has 4 aromatic rings. The van der Waals surface area contributed by atoms with Crippen molar-refractivity contribution in [1.82, 2.24) is 25.1 Å². The number of allylic oxidation sites excluding steroid dienone is 2. The molecule has 1 aliphatic carbocycles. The number of aromatic amines is 2. The number of benzene rings is 1. The summed E-state index contributed by atoms with van der Waals surface area (Å²) in [6, 6.07) is 8.71. The van der Waals surface area contributed by atoms with Crippen molar-refractivity contribution in [3.05, 3.63) is 72.3 Å². The molecule has 5 rings (SSSR count). The predicted molar refractivity (Wildman–Crippen MR) is 131 cm³/mol. The first-order valence-corrected chi connectivity index (χ1v) is 11.5. The largest absolute Gasteiger partial charge is 0.340 e. The number of pyridine rings is 1. The zero-order valence-electron chi connectivity index (χ0n) is 18.6. The highest BCUT2D eigenvalue weighted by atomic mass is 15.1. The molecule has 5 nitrogen and oxygen atoms in total. The van der Waals surface area contributed by atoms with Gasteiger partial charge in [0.25, 0.3) is 0 Å². The van der Waals surface area contributed by atoms with Crippen LogP contribution in [0.3, 0.4) is 0 Å². The van der Waals surface area contributed by atoms with Gasteiger partial charge in [-0.25, -0.2) is 4.98 Å². The van der Waals surface area contributed by atoms with Gasteiger partial charge in [-0.05, 0) is 54.7 Å². The summed E-state index contributed by atoms with van der Waals surface area (Å²) in [5, 5.41) is 8.74. The number of hydrogen-bond donors (Lipinski definition) is 2. The number of fused-ring (bicyclic) bond motifs is 1. The van der Waals surface area contributed by atoms with Crippen molar-refractivity contribution in [3.63, 3.8) is 0 Å². The topological polar surface area (TPSA) is 70.2 Å². The van der Waals surface area contributed by atoms with Crippen LogP contribution in [-0.2, 0) is 6.42 Å². The van der Waals surface area contributed by atoms with E-state index in [1.54, 1.807) is 6.08 Å². The number of H-pyrrole nitrogens is 2. The molecule has 0 amide bonds. The van der Waals surface area contributed by atoms with E-state index >= 15 is 0 Å². The summed E-state index contributed by atoms with van der Waals surface area (Å²) in [4.78, 5) is 12.7. The molecule has 0 bridgehead atoms. The van der Waals surface area contributed by atoms with Crippen LogP contribution in [0.15, 0.2) is 55.4 Å². The first-order valence-electron chi connectivity index (χ1n) is 11.5. The average molecular weight is 424 g/mol. The van der Waals surface area contributed by atoms with E-state index in [4.69, 9.17) is 4.98 Å². The van der Waals surface area contributed by atoms with Crippen LogP contribution in [0.25, 0.3) is 39.6 Å². The number of nitrogens with zero attached hydrogens (tertiary/aromatic N) is 3. The molecule has 0 aliphatic heterocycles. The minimum atomic E-state index is 0.763. The highest BCUT2D eigenvalue weighted by Gasteiger charge is 2.16. The van der Waals surface area contributed by atoms with Gasteiger partial charge in [0, 0.05) is 29.0 Å². The summed E-state index contributed by atoms with van der Waals surface area (Å²) in [6.07, 6.45) is 17.5. The number of aryl methyl sites for hydroxylation is 1. The van der Waals surface area contributed by atoms with Gasteiger partial charge in [0.2, 0.25) is 0 Å². The van der Waals surface area contributed by atoms with E-state index in [1.807, 2.05) is 31.5 Å². The summed E-state index contributed by atoms with van der Waals surface area (Å²) in [7, 11) is 0. The lowest BCUT2D eigenvalue weighted by Crippen LogP contribution is -2.09. The fraction of sp³-hybridized carbons (Fsp3) is 0.296. The van der Waals surface area contributed by atoms with Crippen LogP contribution in [0.5, 0.6) is 0 Å². The standard InChI is InChI=1S/C27H29N5/c1-3-4-10-24-18(2)29-27(30-24)26-23-15-21(11-12-25(23)31-32-26)22-14-20(16-28-17-22)13-19-8-6-5-7-9-19/h3-4,10-12,14-17,19H,1,5-9,13H2,2H3,(H,29,30)(H,31,32)/b10-4-. The molecular formula is C27H29N5. The van der Waals surface area contributed by atoms with Crippen LogP contribution in [0, 0.1) is 12.8 Å². The monoisotopic (exact) mass is 423 g/mol. The second kappa shape index (κ2) is 8.95. The molecule has 0 atom stereocenters. The van der Waals surface area contributed by atoms with Crippen molar-refractivity contribution < 1.29 is 0 Å². The molecule has 1 fully saturated rings. The predicted octanol–water partition coefficient (Wildman–Crippen LogP) is 6.65. The lowest BCUT2D eigenvalue weighted by molar-refractivity contribution is 0.356. The number of hydrogen-bond acceptors (Lipinski definition) is 3. The van der Waals surface area contributed by atoms with Gasteiger partial charge < -0.3 is 4.98 Å². The van der Waals surface area contributed by atoms with Crippen LogP contribution in [0.4, 0.5) is 0 Å². The van der Waals surface area contributed by atoms with Crippen LogP contribution >= 0.6 is 0 Å². The molecule has 0 saturated heterocycles. The van der Waals surface area contributed by atoms with Crippen molar-refractivity contribution in [2.45, 2.75) is 45.4 Å². The van der Waals surface area contributed by atoms with Gasteiger partial charge in [-0.1, -0.05) is 56.9 Å². The van der Waals surface area contributed by atoms with Crippen molar-refractivity contribution in [2.24, 2.45) is 5.92 Å². The summed E-state index contributed by atoms with van der Waals surface area (Å²) in [6.45, 7) is 5.75. The van der Waals surface area contributed by atoms with E-state index in [0.29, 0.717) is 0 Å². The Labute approximate surface area is 188 Å². The smallest absolute Gasteiger partial charge is 0.159 e. The van der Waals surface area contributed by atoms with Gasteiger partial charge in [-0.2, -0.15) is 5.10 Å². The maximum Gasteiger partial charge on any atom is 0.159 e. The molecule has 1 aliphatic rings. The van der Waals surface area contributed by atoms with E-state index in [1.165, 1.54) is 37.7 Å². The lowest BCUT2D eigenvalue weighted by atomic mass is 9.85. The normalized spacial score (nSPS) is 15.0. The lowest BCUT2D eigenvalue weighted by Gasteiger charge is -2.21. The third kappa shape index (κ3) is 4.15. The summed E-state index contributed by atoms with van der Waals surface area (Å²) >= 11 is 0. The van der Waals surface area contributed by atoms with Crippen LogP contribution in [0.2, 0.25) is 0 Å². The van der Waals surface area contributed by atoms with Crippen LogP contribution in [0.1, 0.15) is 49.1 Å². The molecular weight excluding hydrogens is 394 g/mol. The van der Waals surface area contributed by atoms with Gasteiger partial charge in [0.05, 0.1) is 11.2 Å². The highest BCUT2D eigenvalue weighted by Crippen LogP contribution is 2.31. The molecule has 3 heterocycles. The highest BCUT2D eigenvalue weighted by molar-refractivity contribution is 5.94. The first-order chi connectivity index (χ1) is 15.7. The quantitative estimate of drug-likeness (QED) is 0.341. The average Bonchev–Trinajstić information content (AvgIpc) is 3.41. The molecule has 0 unspecified atom stereocenters. The minimum absolute atomic E-state index is 0.763. The molecule has 162 valence electrons. The van der Waals surface area contributed by atoms with Crippen molar-refractivity contribution in [1.29, 1.82) is 0 Å². The molecule has 32 heavy (non-hydrogen) atoms. The van der Waals surface area contributed by atoms with Crippen LogP contribution < -0.4 is 0 Å². The van der Waals surface area contributed by atoms with E-state index < -0.39 is 0 Å². The molecule has 0 radical (unpaired) electrons. The fourth-order valence-corrected chi connectivity index (χ4v) is 4.76. The van der Waals surface area contributed by atoms with Crippen molar-refractivity contribution in [3.8, 4) is 22.6 Å². The Morgan fingerprint density at radius 2 is 1.97 bits per heavy atom. The van der Waals surface area contributed by atoms with Gasteiger partial charge in [0.1, 0.15) is 5.69 Å². The number of nitrogens with one attached hydrogen (secondary N) is 2. The summed E-state index contributed by atoms with van der Waals surface area (Å²) in [5.74, 6) is 1.56. The Hall–Kier alpha value is -3.47. The Morgan fingerprint density at radius 1 is 1.09 bits per heavy atom. The SMILES string of the molecule is C=C/C=C\c1nc(-c2n[nH]c3ccc(-c4cncc(CC5CCCCC5)c4)cc23)[nH]c1C. The Balaban J connectivity index is 1.47. The first kappa shape index (κ1) is 20.4. The number of aromatic nitrogens is 5. The van der Waals surface area contributed by atoms with Gasteiger partial charge in [-0.15, -0.1) is 0 Å². The van der Waals surface area contributed by atoms with Gasteiger partial charge in [0.15, 0.2) is 5.82 Å². The van der Waals surface area contributed by atoms with Crippen molar-refractivity contribution >= 4 is 17.0 Å². The van der Waals surface area contributed by atoms with E-state index in [0.717, 1.165) is 57.3 Å². The zero-order valence-corrected chi connectivity index (χ0v) is 18.6. The summed E-state index contributed by atoms with van der Waals surface area (Å²) in [5.41, 5.74) is 7.35.